The molecule has 0 aromatic heterocycles. The van der Waals surface area contributed by atoms with Gasteiger partial charge in [0.15, 0.2) is 0 Å². The van der Waals surface area contributed by atoms with E-state index in [0.717, 1.165) is 15.6 Å². The van der Waals surface area contributed by atoms with E-state index in [9.17, 15) is 0 Å². The van der Waals surface area contributed by atoms with Crippen LogP contribution in [0.1, 0.15) is 11.1 Å². The Bertz CT molecular complexity index is 359. The molecule has 3 N–H and O–H groups in total. The lowest BCUT2D eigenvalue weighted by atomic mass is 10.1. The van der Waals surface area contributed by atoms with E-state index in [0.29, 0.717) is 19.0 Å². The molecule has 5 heteroatoms. The van der Waals surface area contributed by atoms with Gasteiger partial charge < -0.3 is 10.2 Å². The quantitative estimate of drug-likeness (QED) is 0.291. The summed E-state index contributed by atoms with van der Waals surface area (Å²) < 4.78 is 5.95. The van der Waals surface area contributed by atoms with Gasteiger partial charge in [0.05, 0.1) is 13.2 Å². The van der Waals surface area contributed by atoms with Crippen LogP contribution in [0.25, 0.3) is 0 Å². The lowest BCUT2D eigenvalue weighted by Crippen LogP contribution is -2.31. The van der Waals surface area contributed by atoms with Gasteiger partial charge in [0, 0.05) is 17.1 Å². The fourth-order valence-corrected chi connectivity index (χ4v) is 1.95. The van der Waals surface area contributed by atoms with Crippen molar-refractivity contribution in [3.05, 3.63) is 33.8 Å². The van der Waals surface area contributed by atoms with Crippen LogP contribution in [0.4, 0.5) is 0 Å². The van der Waals surface area contributed by atoms with Crippen molar-refractivity contribution in [3.63, 3.8) is 0 Å². The number of halogens is 1. The minimum atomic E-state index is 0.582. The zero-order valence-electron chi connectivity index (χ0n) is 9.46. The first-order valence-electron chi connectivity index (χ1n) is 4.95. The number of hydrogen-bond donors (Lipinski definition) is 2. The van der Waals surface area contributed by atoms with Gasteiger partial charge in [-0.1, -0.05) is 15.9 Å². The molecule has 88 valence electrons. The van der Waals surface area contributed by atoms with Crippen LogP contribution >= 0.6 is 15.9 Å². The van der Waals surface area contributed by atoms with Gasteiger partial charge in [-0.3, -0.25) is 4.99 Å². The molecule has 16 heavy (non-hydrogen) atoms. The monoisotopic (exact) mass is 285 g/mol. The van der Waals surface area contributed by atoms with Crippen molar-refractivity contribution < 1.29 is 4.74 Å². The van der Waals surface area contributed by atoms with Crippen molar-refractivity contribution >= 4 is 21.8 Å². The maximum atomic E-state index is 5.45. The molecule has 0 amide bonds. The van der Waals surface area contributed by atoms with E-state index in [-0.39, 0.29) is 0 Å². The molecule has 1 aromatic rings. The van der Waals surface area contributed by atoms with E-state index in [1.54, 1.807) is 7.11 Å². The van der Waals surface area contributed by atoms with Crippen molar-refractivity contribution in [3.8, 4) is 0 Å². The Labute approximate surface area is 104 Å². The van der Waals surface area contributed by atoms with Crippen LogP contribution in [-0.4, -0.2) is 26.1 Å². The number of aliphatic imine (C=N–C) groups is 1. The largest absolute Gasteiger partial charge is 0.383 e. The number of hydrazine groups is 1. The molecule has 0 heterocycles. The zero-order valence-corrected chi connectivity index (χ0v) is 11.0. The zero-order chi connectivity index (χ0) is 12.0. The molecular weight excluding hydrogens is 270 g/mol. The van der Waals surface area contributed by atoms with Crippen LogP contribution in [-0.2, 0) is 4.74 Å². The first-order valence-corrected chi connectivity index (χ1v) is 5.74. The summed E-state index contributed by atoms with van der Waals surface area (Å²) in [6.07, 6.45) is 0. The molecule has 0 fully saturated rings. The molecule has 0 unspecified atom stereocenters. The van der Waals surface area contributed by atoms with Crippen LogP contribution in [0.3, 0.4) is 0 Å². The molecule has 0 aliphatic rings. The summed E-state index contributed by atoms with van der Waals surface area (Å²) in [5.41, 5.74) is 4.72. The minimum absolute atomic E-state index is 0.582. The van der Waals surface area contributed by atoms with Crippen molar-refractivity contribution in [2.24, 2.45) is 10.8 Å². The highest BCUT2D eigenvalue weighted by atomic mass is 79.9. The highest BCUT2D eigenvalue weighted by molar-refractivity contribution is 9.10. The van der Waals surface area contributed by atoms with E-state index in [1.807, 2.05) is 25.1 Å². The highest BCUT2D eigenvalue weighted by Gasteiger charge is 2.03. The Kier molecular flexibility index (Phi) is 5.45. The van der Waals surface area contributed by atoms with Crippen molar-refractivity contribution in [2.75, 3.05) is 20.3 Å². The van der Waals surface area contributed by atoms with Crippen LogP contribution in [0.15, 0.2) is 27.7 Å². The Hall–Kier alpha value is -0.910. The first-order chi connectivity index (χ1) is 7.67. The standard InChI is InChI=1S/C11H16BrN3O/c1-8-5-9(7-10(12)6-8)11(15-13)14-3-4-16-2/h5-7H,3-4,13H2,1-2H3,(H,14,15). The SMILES string of the molecule is COCCN=C(NN)c1cc(C)cc(Br)c1. The lowest BCUT2D eigenvalue weighted by molar-refractivity contribution is 0.208. The fourth-order valence-electron chi connectivity index (χ4n) is 1.34. The third-order valence-corrected chi connectivity index (χ3v) is 2.48. The van der Waals surface area contributed by atoms with Gasteiger partial charge in [-0.05, 0) is 30.7 Å². The smallest absolute Gasteiger partial charge is 0.142 e. The summed E-state index contributed by atoms with van der Waals surface area (Å²) in [7, 11) is 1.65. The van der Waals surface area contributed by atoms with Crippen molar-refractivity contribution in [2.45, 2.75) is 6.92 Å². The number of amidine groups is 1. The Balaban J connectivity index is 2.90. The van der Waals surface area contributed by atoms with Crippen LogP contribution in [0, 0.1) is 6.92 Å². The van der Waals surface area contributed by atoms with Crippen LogP contribution < -0.4 is 11.3 Å². The minimum Gasteiger partial charge on any atom is -0.383 e. The van der Waals surface area contributed by atoms with Crippen molar-refractivity contribution in [1.82, 2.24) is 5.43 Å². The third kappa shape index (κ3) is 3.92. The second-order valence-corrected chi connectivity index (χ2v) is 4.30. The molecular formula is C11H16BrN3O. The third-order valence-electron chi connectivity index (χ3n) is 2.02. The summed E-state index contributed by atoms with van der Waals surface area (Å²) in [5.74, 6) is 6.12. The van der Waals surface area contributed by atoms with Gasteiger partial charge in [0.25, 0.3) is 0 Å². The van der Waals surface area contributed by atoms with Gasteiger partial charge in [0.1, 0.15) is 5.84 Å². The molecule has 0 aliphatic heterocycles. The second-order valence-electron chi connectivity index (χ2n) is 3.38. The maximum absolute atomic E-state index is 5.45. The van der Waals surface area contributed by atoms with Gasteiger partial charge >= 0.3 is 0 Å². The first kappa shape index (κ1) is 13.2. The lowest BCUT2D eigenvalue weighted by Gasteiger charge is -2.07. The van der Waals surface area contributed by atoms with E-state index in [1.165, 1.54) is 0 Å². The Morgan fingerprint density at radius 2 is 2.25 bits per heavy atom. The number of benzene rings is 1. The molecule has 0 bridgehead atoms. The number of aryl methyl sites for hydroxylation is 1. The number of rotatable bonds is 4. The molecule has 1 aromatic carbocycles. The predicted molar refractivity (Wildman–Crippen MR) is 69.5 cm³/mol. The van der Waals surface area contributed by atoms with Gasteiger partial charge in [-0.2, -0.15) is 0 Å². The van der Waals surface area contributed by atoms with Gasteiger partial charge in [0.2, 0.25) is 0 Å². The normalized spacial score (nSPS) is 11.6. The number of hydrogen-bond acceptors (Lipinski definition) is 3. The summed E-state index contributed by atoms with van der Waals surface area (Å²) in [6, 6.07) is 6.03. The van der Waals surface area contributed by atoms with E-state index >= 15 is 0 Å². The maximum Gasteiger partial charge on any atom is 0.142 e. The highest BCUT2D eigenvalue weighted by Crippen LogP contribution is 2.15. The molecule has 0 atom stereocenters. The number of methoxy groups -OCH3 is 1. The number of nitrogens with zero attached hydrogens (tertiary/aromatic N) is 1. The summed E-state index contributed by atoms with van der Waals surface area (Å²) in [4.78, 5) is 4.32. The van der Waals surface area contributed by atoms with Gasteiger partial charge in [-0.15, -0.1) is 0 Å². The molecule has 0 saturated carbocycles. The molecule has 0 aliphatic carbocycles. The summed E-state index contributed by atoms with van der Waals surface area (Å²) in [6.45, 7) is 3.19. The molecule has 4 nitrogen and oxygen atoms in total. The summed E-state index contributed by atoms with van der Waals surface area (Å²) in [5, 5.41) is 0. The predicted octanol–water partition coefficient (Wildman–Crippen LogP) is 1.61. The number of ether oxygens (including phenoxy) is 1. The second kappa shape index (κ2) is 6.62. The van der Waals surface area contributed by atoms with E-state index in [2.05, 4.69) is 26.3 Å². The van der Waals surface area contributed by atoms with E-state index < -0.39 is 0 Å². The van der Waals surface area contributed by atoms with Crippen LogP contribution in [0.5, 0.6) is 0 Å². The van der Waals surface area contributed by atoms with Crippen molar-refractivity contribution in [1.29, 1.82) is 0 Å². The topological polar surface area (TPSA) is 59.6 Å². The molecule has 1 rings (SSSR count). The number of nitrogens with one attached hydrogen (secondary N) is 1. The van der Waals surface area contributed by atoms with Crippen LogP contribution in [0.2, 0.25) is 0 Å². The van der Waals surface area contributed by atoms with Gasteiger partial charge in [-0.25, -0.2) is 5.84 Å². The Morgan fingerprint density at radius 3 is 2.81 bits per heavy atom. The average Bonchev–Trinajstić information content (AvgIpc) is 2.23. The average molecular weight is 286 g/mol. The number of nitrogens with two attached hydrogens (primary N) is 1. The fraction of sp³-hybridized carbons (Fsp3) is 0.364. The molecule has 0 radical (unpaired) electrons. The van der Waals surface area contributed by atoms with E-state index in [4.69, 9.17) is 10.6 Å². The molecule has 0 spiro atoms. The molecule has 0 saturated heterocycles. The Morgan fingerprint density at radius 1 is 1.50 bits per heavy atom. The summed E-state index contributed by atoms with van der Waals surface area (Å²) >= 11 is 3.44.